The average molecular weight is 384 g/mol. The summed E-state index contributed by atoms with van der Waals surface area (Å²) in [6, 6.07) is 6.26. The van der Waals surface area contributed by atoms with Gasteiger partial charge in [0.1, 0.15) is 0 Å². The number of hydrogen-bond acceptors (Lipinski definition) is 4. The average Bonchev–Trinajstić information content (AvgIpc) is 3.15. The van der Waals surface area contributed by atoms with Crippen LogP contribution in [-0.4, -0.2) is 41.0 Å². The summed E-state index contributed by atoms with van der Waals surface area (Å²) < 4.78 is 7.23. The summed E-state index contributed by atoms with van der Waals surface area (Å²) in [5, 5.41) is 0. The van der Waals surface area contributed by atoms with Crippen molar-refractivity contribution < 1.29 is 4.42 Å². The van der Waals surface area contributed by atoms with Crippen molar-refractivity contribution >= 4 is 0 Å². The number of pyridine rings is 1. The summed E-state index contributed by atoms with van der Waals surface area (Å²) in [5.74, 6) is 1.86. The zero-order chi connectivity index (χ0) is 19.7. The van der Waals surface area contributed by atoms with E-state index in [1.54, 1.807) is 12.5 Å². The summed E-state index contributed by atoms with van der Waals surface area (Å²) in [4.78, 5) is 18.0. The van der Waals surface area contributed by atoms with Gasteiger partial charge in [0.2, 0.25) is 0 Å². The van der Waals surface area contributed by atoms with Crippen molar-refractivity contribution in [1.82, 2.24) is 14.4 Å². The molecule has 0 unspecified atom stereocenters. The van der Waals surface area contributed by atoms with Crippen LogP contribution in [0.15, 0.2) is 39.9 Å². The topological polar surface area (TPSA) is 41.6 Å². The van der Waals surface area contributed by atoms with Crippen LogP contribution in [0.2, 0.25) is 0 Å². The molecular weight excluding hydrogens is 350 g/mol. The highest BCUT2D eigenvalue weighted by atomic mass is 16.3. The lowest BCUT2D eigenvalue weighted by Gasteiger charge is -2.43. The predicted molar refractivity (Wildman–Crippen MR) is 111 cm³/mol. The van der Waals surface area contributed by atoms with Crippen LogP contribution in [0, 0.1) is 11.8 Å². The van der Waals surface area contributed by atoms with Crippen molar-refractivity contribution in [3.8, 4) is 0 Å². The highest BCUT2D eigenvalue weighted by molar-refractivity contribution is 5.22. The molecule has 1 saturated heterocycles. The molecule has 4 rings (SSSR count). The molecule has 0 saturated carbocycles. The molecule has 0 radical (unpaired) electrons. The van der Waals surface area contributed by atoms with E-state index >= 15 is 0 Å². The third kappa shape index (κ3) is 4.26. The molecule has 0 aromatic carbocycles. The van der Waals surface area contributed by atoms with Crippen LogP contribution in [-0.2, 0) is 19.6 Å². The SMILES string of the molecule is CC(C)CCN1C[C@@H]2C[C@H](C1)c1ccc(CN(C)Cc3ccoc3)c(=O)n1C2. The normalized spacial score (nSPS) is 22.0. The van der Waals surface area contributed by atoms with E-state index in [-0.39, 0.29) is 5.56 Å². The van der Waals surface area contributed by atoms with Gasteiger partial charge in [-0.1, -0.05) is 19.9 Å². The molecule has 2 aliphatic rings. The quantitative estimate of drug-likeness (QED) is 0.733. The van der Waals surface area contributed by atoms with Crippen LogP contribution in [0.1, 0.15) is 49.4 Å². The van der Waals surface area contributed by atoms with Crippen LogP contribution in [0.4, 0.5) is 0 Å². The lowest BCUT2D eigenvalue weighted by molar-refractivity contribution is 0.115. The maximum atomic E-state index is 13.2. The molecule has 2 bridgehead atoms. The first-order valence-electron chi connectivity index (χ1n) is 10.6. The molecule has 2 aromatic rings. The third-order valence-electron chi connectivity index (χ3n) is 6.25. The Morgan fingerprint density at radius 2 is 2.04 bits per heavy atom. The number of likely N-dealkylation sites (tertiary alicyclic amines) is 1. The molecule has 0 amide bonds. The second-order valence-electron chi connectivity index (χ2n) is 9.24. The first-order valence-corrected chi connectivity index (χ1v) is 10.6. The maximum absolute atomic E-state index is 13.2. The van der Waals surface area contributed by atoms with Crippen LogP contribution in [0.5, 0.6) is 0 Å². The van der Waals surface area contributed by atoms with E-state index in [9.17, 15) is 4.79 Å². The molecule has 2 aliphatic heterocycles. The molecule has 1 fully saturated rings. The number of piperidine rings is 1. The molecule has 152 valence electrons. The number of hydrogen-bond donors (Lipinski definition) is 0. The lowest BCUT2D eigenvalue weighted by Crippen LogP contribution is -2.48. The first kappa shape index (κ1) is 19.5. The fourth-order valence-electron chi connectivity index (χ4n) is 4.87. The van der Waals surface area contributed by atoms with Gasteiger partial charge in [-0.2, -0.15) is 0 Å². The molecule has 2 atom stereocenters. The van der Waals surface area contributed by atoms with Gasteiger partial charge in [0.05, 0.1) is 12.5 Å². The van der Waals surface area contributed by atoms with Crippen LogP contribution in [0.25, 0.3) is 0 Å². The largest absolute Gasteiger partial charge is 0.472 e. The molecule has 5 heteroatoms. The van der Waals surface area contributed by atoms with Crippen molar-refractivity contribution in [2.24, 2.45) is 11.8 Å². The van der Waals surface area contributed by atoms with Gasteiger partial charge in [-0.3, -0.25) is 9.69 Å². The zero-order valence-electron chi connectivity index (χ0n) is 17.4. The second-order valence-corrected chi connectivity index (χ2v) is 9.24. The minimum Gasteiger partial charge on any atom is -0.472 e. The van der Waals surface area contributed by atoms with E-state index in [0.29, 0.717) is 18.4 Å². The zero-order valence-corrected chi connectivity index (χ0v) is 17.4. The van der Waals surface area contributed by atoms with E-state index in [4.69, 9.17) is 4.42 Å². The Hall–Kier alpha value is -1.85. The minimum absolute atomic E-state index is 0.210. The van der Waals surface area contributed by atoms with E-state index in [2.05, 4.69) is 47.4 Å². The van der Waals surface area contributed by atoms with Gasteiger partial charge >= 0.3 is 0 Å². The highest BCUT2D eigenvalue weighted by Gasteiger charge is 2.34. The molecule has 0 aliphatic carbocycles. The Balaban J connectivity index is 1.47. The van der Waals surface area contributed by atoms with Gasteiger partial charge in [0.15, 0.2) is 0 Å². The fourth-order valence-corrected chi connectivity index (χ4v) is 4.87. The van der Waals surface area contributed by atoms with Gasteiger partial charge in [0.25, 0.3) is 5.56 Å². The van der Waals surface area contributed by atoms with Crippen LogP contribution in [0.3, 0.4) is 0 Å². The van der Waals surface area contributed by atoms with E-state index in [1.165, 1.54) is 25.1 Å². The van der Waals surface area contributed by atoms with Gasteiger partial charge in [-0.05, 0) is 50.4 Å². The van der Waals surface area contributed by atoms with Crippen molar-refractivity contribution in [2.75, 3.05) is 26.7 Å². The van der Waals surface area contributed by atoms with Crippen molar-refractivity contribution in [2.45, 2.75) is 52.2 Å². The number of nitrogens with zero attached hydrogens (tertiary/aromatic N) is 3. The molecule has 0 N–H and O–H groups in total. The second kappa shape index (κ2) is 8.26. The minimum atomic E-state index is 0.210. The summed E-state index contributed by atoms with van der Waals surface area (Å²) >= 11 is 0. The Bertz CT molecular complexity index is 840. The Labute approximate surface area is 167 Å². The lowest BCUT2D eigenvalue weighted by atomic mass is 9.82. The fraction of sp³-hybridized carbons (Fsp3) is 0.609. The van der Waals surface area contributed by atoms with E-state index in [0.717, 1.165) is 43.2 Å². The first-order chi connectivity index (χ1) is 13.5. The molecule has 5 nitrogen and oxygen atoms in total. The predicted octanol–water partition coefficient (Wildman–Crippen LogP) is 3.54. The third-order valence-corrected chi connectivity index (χ3v) is 6.25. The van der Waals surface area contributed by atoms with Crippen molar-refractivity contribution in [3.63, 3.8) is 0 Å². The van der Waals surface area contributed by atoms with Crippen molar-refractivity contribution in [1.29, 1.82) is 0 Å². The van der Waals surface area contributed by atoms with Crippen LogP contribution < -0.4 is 5.56 Å². The maximum Gasteiger partial charge on any atom is 0.255 e. The Kier molecular flexibility index (Phi) is 5.74. The Morgan fingerprint density at radius 3 is 2.79 bits per heavy atom. The Morgan fingerprint density at radius 1 is 1.18 bits per heavy atom. The number of fused-ring (bicyclic) bond motifs is 4. The van der Waals surface area contributed by atoms with Gasteiger partial charge in [0, 0.05) is 55.5 Å². The summed E-state index contributed by atoms with van der Waals surface area (Å²) in [7, 11) is 2.05. The summed E-state index contributed by atoms with van der Waals surface area (Å²) in [6.45, 7) is 10.3. The van der Waals surface area contributed by atoms with Gasteiger partial charge in [-0.25, -0.2) is 0 Å². The smallest absolute Gasteiger partial charge is 0.255 e. The monoisotopic (exact) mass is 383 g/mol. The van der Waals surface area contributed by atoms with Crippen molar-refractivity contribution in [3.05, 3.63) is 57.9 Å². The number of furan rings is 1. The van der Waals surface area contributed by atoms with Gasteiger partial charge in [-0.15, -0.1) is 0 Å². The molecule has 4 heterocycles. The molecule has 0 spiro atoms. The standard InChI is InChI=1S/C23H33N3O2/c1-17(2)6-8-25-12-19-10-21(15-25)22-5-4-20(23(27)26(22)13-19)14-24(3)11-18-7-9-28-16-18/h4-5,7,9,16-17,19,21H,6,8,10-15H2,1-3H3/t19-,21+/m0/s1. The van der Waals surface area contributed by atoms with E-state index < -0.39 is 0 Å². The van der Waals surface area contributed by atoms with Crippen LogP contribution >= 0.6 is 0 Å². The molecule has 2 aromatic heterocycles. The summed E-state index contributed by atoms with van der Waals surface area (Å²) in [6.07, 6.45) is 5.95. The number of rotatable bonds is 7. The summed E-state index contributed by atoms with van der Waals surface area (Å²) in [5.41, 5.74) is 3.49. The van der Waals surface area contributed by atoms with Gasteiger partial charge < -0.3 is 13.9 Å². The molecule has 28 heavy (non-hydrogen) atoms. The highest BCUT2D eigenvalue weighted by Crippen LogP contribution is 2.35. The number of aromatic nitrogens is 1. The molecular formula is C23H33N3O2. The van der Waals surface area contributed by atoms with E-state index in [1.807, 2.05) is 6.07 Å².